The summed E-state index contributed by atoms with van der Waals surface area (Å²) in [5.41, 5.74) is 0.663. The van der Waals surface area contributed by atoms with Crippen LogP contribution in [-0.4, -0.2) is 33.0 Å². The van der Waals surface area contributed by atoms with Crippen molar-refractivity contribution in [1.82, 2.24) is 14.8 Å². The largest absolute Gasteiger partial charge is 0.465 e. The van der Waals surface area contributed by atoms with E-state index in [0.717, 1.165) is 9.58 Å². The van der Waals surface area contributed by atoms with Crippen molar-refractivity contribution in [3.63, 3.8) is 0 Å². The van der Waals surface area contributed by atoms with Gasteiger partial charge in [-0.15, -0.1) is 0 Å². The van der Waals surface area contributed by atoms with Crippen molar-refractivity contribution in [2.75, 3.05) is 11.9 Å². The molecule has 2 rings (SSSR count). The van der Waals surface area contributed by atoms with Crippen LogP contribution < -0.4 is 4.90 Å². The molecule has 2 heterocycles. The van der Waals surface area contributed by atoms with Crippen LogP contribution in [0.1, 0.15) is 5.69 Å². The number of halogens is 1. The standard InChI is InChI=1S/C11H11FN4O2/c1-7-9(15(2)11(17)18)10(12)16(14-7)8-4-3-5-13-6-8/h3-6H,1-2H3,(H,17,18). The summed E-state index contributed by atoms with van der Waals surface area (Å²) in [6.07, 6.45) is 1.75. The summed E-state index contributed by atoms with van der Waals surface area (Å²) in [5.74, 6) is -0.731. The number of carbonyl (C=O) groups is 1. The van der Waals surface area contributed by atoms with Crippen molar-refractivity contribution in [3.05, 3.63) is 36.2 Å². The van der Waals surface area contributed by atoms with Gasteiger partial charge >= 0.3 is 6.09 Å². The highest BCUT2D eigenvalue weighted by molar-refractivity contribution is 5.86. The van der Waals surface area contributed by atoms with Gasteiger partial charge in [0.05, 0.1) is 17.6 Å². The smallest absolute Gasteiger partial charge is 0.411 e. The highest BCUT2D eigenvalue weighted by Gasteiger charge is 2.23. The van der Waals surface area contributed by atoms with Crippen LogP contribution in [0.3, 0.4) is 0 Å². The van der Waals surface area contributed by atoms with Crippen molar-refractivity contribution in [2.45, 2.75) is 6.92 Å². The number of anilines is 1. The summed E-state index contributed by atoms with van der Waals surface area (Å²) < 4.78 is 15.2. The number of rotatable bonds is 2. The molecule has 0 saturated heterocycles. The van der Waals surface area contributed by atoms with E-state index in [4.69, 9.17) is 5.11 Å². The van der Waals surface area contributed by atoms with Gasteiger partial charge in [0.25, 0.3) is 0 Å². The molecule has 1 N–H and O–H groups in total. The maximum absolute atomic E-state index is 14.2. The lowest BCUT2D eigenvalue weighted by Gasteiger charge is -2.11. The van der Waals surface area contributed by atoms with Gasteiger partial charge in [0.1, 0.15) is 5.69 Å². The van der Waals surface area contributed by atoms with Crippen molar-refractivity contribution in [1.29, 1.82) is 0 Å². The minimum atomic E-state index is -1.25. The van der Waals surface area contributed by atoms with Crippen LogP contribution in [0.4, 0.5) is 14.9 Å². The molecule has 0 bridgehead atoms. The Bertz CT molecular complexity index is 582. The van der Waals surface area contributed by atoms with E-state index in [1.165, 1.54) is 13.2 Å². The molecule has 0 radical (unpaired) electrons. The Hall–Kier alpha value is -2.44. The molecule has 2 aromatic heterocycles. The van der Waals surface area contributed by atoms with Crippen LogP contribution in [0.2, 0.25) is 0 Å². The van der Waals surface area contributed by atoms with E-state index in [0.29, 0.717) is 11.4 Å². The highest BCUT2D eigenvalue weighted by atomic mass is 19.1. The molecule has 0 spiro atoms. The third-order valence-corrected chi connectivity index (χ3v) is 2.49. The molecule has 0 aliphatic heterocycles. The molecule has 1 amide bonds. The van der Waals surface area contributed by atoms with Crippen LogP contribution in [0.5, 0.6) is 0 Å². The summed E-state index contributed by atoms with van der Waals surface area (Å²) in [4.78, 5) is 15.5. The number of hydrogen-bond acceptors (Lipinski definition) is 3. The molecule has 18 heavy (non-hydrogen) atoms. The second-order valence-electron chi connectivity index (χ2n) is 3.69. The minimum absolute atomic E-state index is 0.0636. The predicted octanol–water partition coefficient (Wildman–Crippen LogP) is 1.83. The van der Waals surface area contributed by atoms with Gasteiger partial charge in [0, 0.05) is 13.2 Å². The van der Waals surface area contributed by atoms with Gasteiger partial charge in [-0.3, -0.25) is 9.88 Å². The van der Waals surface area contributed by atoms with Gasteiger partial charge in [-0.2, -0.15) is 9.49 Å². The number of aryl methyl sites for hydroxylation is 1. The Balaban J connectivity index is 2.54. The Kier molecular flexibility index (Phi) is 2.97. The molecule has 0 atom stereocenters. The molecule has 0 aliphatic rings. The summed E-state index contributed by atoms with van der Waals surface area (Å²) in [6, 6.07) is 3.28. The molecule has 7 heteroatoms. The number of amides is 1. The molecule has 6 nitrogen and oxygen atoms in total. The van der Waals surface area contributed by atoms with Gasteiger partial charge in [-0.1, -0.05) is 0 Å². The summed E-state index contributed by atoms with van der Waals surface area (Å²) in [7, 11) is 1.27. The van der Waals surface area contributed by atoms with Crippen LogP contribution >= 0.6 is 0 Å². The average Bonchev–Trinajstić information content (AvgIpc) is 2.65. The molecule has 94 valence electrons. The fraction of sp³-hybridized carbons (Fsp3) is 0.182. The molecule has 0 fully saturated rings. The van der Waals surface area contributed by atoms with Crippen molar-refractivity contribution >= 4 is 11.8 Å². The van der Waals surface area contributed by atoms with E-state index in [1.54, 1.807) is 25.3 Å². The third-order valence-electron chi connectivity index (χ3n) is 2.49. The molecular weight excluding hydrogens is 239 g/mol. The van der Waals surface area contributed by atoms with E-state index >= 15 is 0 Å². The Morgan fingerprint density at radius 3 is 2.83 bits per heavy atom. The molecule has 2 aromatic rings. The van der Waals surface area contributed by atoms with E-state index in [9.17, 15) is 9.18 Å². The zero-order valence-corrected chi connectivity index (χ0v) is 9.83. The second kappa shape index (κ2) is 4.44. The monoisotopic (exact) mass is 250 g/mol. The van der Waals surface area contributed by atoms with E-state index in [-0.39, 0.29) is 5.69 Å². The zero-order chi connectivity index (χ0) is 13.3. The average molecular weight is 250 g/mol. The Morgan fingerprint density at radius 2 is 2.28 bits per heavy atom. The Labute approximate surface area is 102 Å². The molecule has 0 aromatic carbocycles. The van der Waals surface area contributed by atoms with Crippen LogP contribution in [0.15, 0.2) is 24.5 Å². The zero-order valence-electron chi connectivity index (χ0n) is 9.83. The van der Waals surface area contributed by atoms with Crippen molar-refractivity contribution < 1.29 is 14.3 Å². The molecule has 0 saturated carbocycles. The summed E-state index contributed by atoms with van der Waals surface area (Å²) in [6.45, 7) is 1.55. The quantitative estimate of drug-likeness (QED) is 0.882. The first-order valence-electron chi connectivity index (χ1n) is 5.14. The van der Waals surface area contributed by atoms with Gasteiger partial charge in [-0.25, -0.2) is 9.48 Å². The fourth-order valence-electron chi connectivity index (χ4n) is 1.62. The lowest BCUT2D eigenvalue weighted by Crippen LogP contribution is -2.25. The number of hydrogen-bond donors (Lipinski definition) is 1. The lowest BCUT2D eigenvalue weighted by molar-refractivity contribution is 0.203. The van der Waals surface area contributed by atoms with Crippen LogP contribution in [-0.2, 0) is 0 Å². The second-order valence-corrected chi connectivity index (χ2v) is 3.69. The summed E-state index contributed by atoms with van der Waals surface area (Å²) >= 11 is 0. The van der Waals surface area contributed by atoms with E-state index in [1.807, 2.05) is 0 Å². The number of carboxylic acid groups (broad SMARTS) is 1. The normalized spacial score (nSPS) is 10.4. The Morgan fingerprint density at radius 1 is 1.56 bits per heavy atom. The number of nitrogens with zero attached hydrogens (tertiary/aromatic N) is 4. The minimum Gasteiger partial charge on any atom is -0.465 e. The first kappa shape index (κ1) is 12.0. The van der Waals surface area contributed by atoms with E-state index < -0.39 is 12.0 Å². The van der Waals surface area contributed by atoms with Gasteiger partial charge in [-0.05, 0) is 19.1 Å². The fourth-order valence-corrected chi connectivity index (χ4v) is 1.62. The molecule has 0 aliphatic carbocycles. The lowest BCUT2D eigenvalue weighted by atomic mass is 10.3. The first-order valence-corrected chi connectivity index (χ1v) is 5.14. The van der Waals surface area contributed by atoms with Gasteiger partial charge in [0.2, 0.25) is 5.95 Å². The maximum Gasteiger partial charge on any atom is 0.411 e. The van der Waals surface area contributed by atoms with Crippen molar-refractivity contribution in [3.8, 4) is 5.69 Å². The summed E-state index contributed by atoms with van der Waals surface area (Å²) in [5, 5.41) is 12.9. The number of pyridine rings is 1. The first-order chi connectivity index (χ1) is 8.52. The SMILES string of the molecule is Cc1nn(-c2cccnc2)c(F)c1N(C)C(=O)O. The highest BCUT2D eigenvalue weighted by Crippen LogP contribution is 2.24. The molecule has 0 unspecified atom stereocenters. The predicted molar refractivity (Wildman–Crippen MR) is 62.5 cm³/mol. The van der Waals surface area contributed by atoms with Crippen LogP contribution in [0.25, 0.3) is 5.69 Å². The number of aromatic nitrogens is 3. The topological polar surface area (TPSA) is 71.2 Å². The van der Waals surface area contributed by atoms with Gasteiger partial charge < -0.3 is 5.11 Å². The van der Waals surface area contributed by atoms with E-state index in [2.05, 4.69) is 10.1 Å². The van der Waals surface area contributed by atoms with Gasteiger partial charge in [0.15, 0.2) is 0 Å². The maximum atomic E-state index is 14.2. The molecular formula is C11H11FN4O2. The third kappa shape index (κ3) is 1.90. The van der Waals surface area contributed by atoms with Crippen molar-refractivity contribution in [2.24, 2.45) is 0 Å². The van der Waals surface area contributed by atoms with Crippen LogP contribution in [0, 0.1) is 12.9 Å².